The van der Waals surface area contributed by atoms with Crippen LogP contribution in [-0.4, -0.2) is 58.5 Å². The van der Waals surface area contributed by atoms with Crippen molar-refractivity contribution in [1.29, 1.82) is 0 Å². The summed E-state index contributed by atoms with van der Waals surface area (Å²) in [5.41, 5.74) is 1.71. The predicted molar refractivity (Wildman–Crippen MR) is 95.3 cm³/mol. The molecule has 4 rings (SSSR count). The molecule has 1 fully saturated rings. The van der Waals surface area contributed by atoms with Crippen molar-refractivity contribution in [2.24, 2.45) is 5.10 Å². The number of hydrazone groups is 1. The molecule has 3 heterocycles. The smallest absolute Gasteiger partial charge is 0.274 e. The zero-order valence-corrected chi connectivity index (χ0v) is 14.6. The van der Waals surface area contributed by atoms with Gasteiger partial charge in [-0.3, -0.25) is 14.9 Å². The Hall–Kier alpha value is -2.75. The van der Waals surface area contributed by atoms with Gasteiger partial charge in [0.15, 0.2) is 9.84 Å². The third kappa shape index (κ3) is 3.19. The Balaban J connectivity index is 1.53. The van der Waals surface area contributed by atoms with Crippen LogP contribution in [0.1, 0.15) is 19.3 Å². The Morgan fingerprint density at radius 2 is 2.08 bits per heavy atom. The third-order valence-electron chi connectivity index (χ3n) is 4.50. The number of hydrogen-bond acceptors (Lipinski definition) is 6. The fourth-order valence-electron chi connectivity index (χ4n) is 3.18. The summed E-state index contributed by atoms with van der Waals surface area (Å²) < 4.78 is 23.3. The highest BCUT2D eigenvalue weighted by Gasteiger charge is 2.37. The van der Waals surface area contributed by atoms with Crippen molar-refractivity contribution in [2.45, 2.75) is 25.3 Å². The zero-order valence-electron chi connectivity index (χ0n) is 13.8. The summed E-state index contributed by atoms with van der Waals surface area (Å²) in [5, 5.41) is 7.96. The Kier molecular flexibility index (Phi) is 3.98. The van der Waals surface area contributed by atoms with E-state index in [-0.39, 0.29) is 36.0 Å². The van der Waals surface area contributed by atoms with Gasteiger partial charge in [0.2, 0.25) is 11.9 Å². The second kappa shape index (κ2) is 6.20. The number of amides is 2. The Bertz CT molecular complexity index is 993. The number of anilines is 1. The number of aromatic amines is 1. The van der Waals surface area contributed by atoms with E-state index in [0.717, 1.165) is 11.0 Å². The van der Waals surface area contributed by atoms with Gasteiger partial charge in [-0.05, 0) is 18.6 Å². The summed E-state index contributed by atoms with van der Waals surface area (Å²) >= 11 is 0. The van der Waals surface area contributed by atoms with Gasteiger partial charge in [0.25, 0.3) is 5.91 Å². The normalized spacial score (nSPS) is 22.5. The lowest BCUT2D eigenvalue weighted by atomic mass is 10.1. The zero-order chi connectivity index (χ0) is 18.3. The lowest BCUT2D eigenvalue weighted by Gasteiger charge is -2.27. The molecule has 1 saturated heterocycles. The van der Waals surface area contributed by atoms with Crippen LogP contribution < -0.4 is 5.32 Å². The number of hydrogen-bond donors (Lipinski definition) is 2. The number of sulfone groups is 1. The summed E-state index contributed by atoms with van der Waals surface area (Å²) in [6.45, 7) is 0. The van der Waals surface area contributed by atoms with Crippen molar-refractivity contribution in [3.63, 3.8) is 0 Å². The van der Waals surface area contributed by atoms with Crippen LogP contribution in [-0.2, 0) is 19.4 Å². The van der Waals surface area contributed by atoms with E-state index in [1.54, 1.807) is 0 Å². The van der Waals surface area contributed by atoms with Gasteiger partial charge in [-0.1, -0.05) is 12.1 Å². The van der Waals surface area contributed by atoms with Gasteiger partial charge in [0.1, 0.15) is 5.71 Å². The molecule has 26 heavy (non-hydrogen) atoms. The number of benzene rings is 1. The molecule has 0 aliphatic carbocycles. The molecule has 0 radical (unpaired) electrons. The first-order valence-electron chi connectivity index (χ1n) is 8.27. The number of aromatic nitrogens is 2. The van der Waals surface area contributed by atoms with Gasteiger partial charge in [0.05, 0.1) is 28.6 Å². The maximum atomic E-state index is 12.5. The number of nitrogens with zero attached hydrogens (tertiary/aromatic N) is 3. The van der Waals surface area contributed by atoms with Crippen LogP contribution in [0.5, 0.6) is 0 Å². The highest BCUT2D eigenvalue weighted by molar-refractivity contribution is 7.91. The second-order valence-corrected chi connectivity index (χ2v) is 8.63. The second-order valence-electron chi connectivity index (χ2n) is 6.40. The van der Waals surface area contributed by atoms with Crippen molar-refractivity contribution in [2.75, 3.05) is 16.8 Å². The van der Waals surface area contributed by atoms with Gasteiger partial charge in [-0.15, -0.1) is 0 Å². The number of carbonyl (C=O) groups excluding carboxylic acids is 2. The number of carbonyl (C=O) groups is 2. The molecule has 0 bridgehead atoms. The molecule has 1 atom stereocenters. The number of rotatable bonds is 3. The van der Waals surface area contributed by atoms with E-state index in [9.17, 15) is 18.0 Å². The number of para-hydroxylation sites is 2. The topological polar surface area (TPSA) is 125 Å². The minimum Gasteiger partial charge on any atom is -0.324 e. The molecule has 2 N–H and O–H groups in total. The Labute approximate surface area is 149 Å². The number of H-pyrrole nitrogens is 1. The van der Waals surface area contributed by atoms with Crippen LogP contribution in [0.2, 0.25) is 0 Å². The van der Waals surface area contributed by atoms with E-state index in [1.807, 2.05) is 24.3 Å². The van der Waals surface area contributed by atoms with E-state index in [1.165, 1.54) is 5.01 Å². The van der Waals surface area contributed by atoms with E-state index in [0.29, 0.717) is 12.4 Å². The molecule has 1 aromatic heterocycles. The molecule has 10 heteroatoms. The molecule has 2 aromatic rings. The molecule has 2 amide bonds. The molecule has 2 aliphatic heterocycles. The summed E-state index contributed by atoms with van der Waals surface area (Å²) in [7, 11) is -3.15. The van der Waals surface area contributed by atoms with Gasteiger partial charge < -0.3 is 4.98 Å². The largest absolute Gasteiger partial charge is 0.324 e. The molecule has 0 unspecified atom stereocenters. The van der Waals surface area contributed by atoms with Crippen molar-refractivity contribution in [3.05, 3.63) is 24.3 Å². The van der Waals surface area contributed by atoms with Crippen molar-refractivity contribution in [1.82, 2.24) is 15.0 Å². The van der Waals surface area contributed by atoms with Gasteiger partial charge in [-0.25, -0.2) is 18.4 Å². The van der Waals surface area contributed by atoms with Crippen LogP contribution in [0.25, 0.3) is 11.0 Å². The molecule has 0 spiro atoms. The fourth-order valence-corrected chi connectivity index (χ4v) is 4.87. The lowest BCUT2D eigenvalue weighted by Crippen LogP contribution is -2.42. The van der Waals surface area contributed by atoms with E-state index in [2.05, 4.69) is 20.4 Å². The van der Waals surface area contributed by atoms with Gasteiger partial charge in [0, 0.05) is 12.8 Å². The maximum absolute atomic E-state index is 12.5. The molecular weight excluding hydrogens is 358 g/mol. The average Bonchev–Trinajstić information content (AvgIpc) is 3.17. The summed E-state index contributed by atoms with van der Waals surface area (Å²) in [6, 6.07) is 6.87. The molecule has 136 valence electrons. The number of nitrogens with one attached hydrogen (secondary N) is 2. The first-order valence-corrected chi connectivity index (χ1v) is 10.1. The molecule has 0 saturated carbocycles. The van der Waals surface area contributed by atoms with Crippen LogP contribution in [0, 0.1) is 0 Å². The maximum Gasteiger partial charge on any atom is 0.274 e. The van der Waals surface area contributed by atoms with E-state index >= 15 is 0 Å². The average molecular weight is 375 g/mol. The number of fused-ring (bicyclic) bond motifs is 1. The highest BCUT2D eigenvalue weighted by Crippen LogP contribution is 2.22. The standard InChI is InChI=1S/C16H17N5O4S/c22-14-6-5-13(20-21(14)10-7-8-26(24,25)9-10)15(23)19-16-17-11-3-1-2-4-12(11)18-16/h1-4,10H,5-9H2,(H2,17,18,19,23)/t10-/m1/s1. The molecule has 1 aromatic carbocycles. The van der Waals surface area contributed by atoms with Crippen molar-refractivity contribution < 1.29 is 18.0 Å². The summed E-state index contributed by atoms with van der Waals surface area (Å²) in [5.74, 6) is -0.487. The fraction of sp³-hybridized carbons (Fsp3) is 0.375. The number of imidazole rings is 1. The third-order valence-corrected chi connectivity index (χ3v) is 6.25. The molecular formula is C16H17N5O4S. The van der Waals surface area contributed by atoms with Crippen LogP contribution in [0.4, 0.5) is 5.95 Å². The van der Waals surface area contributed by atoms with Gasteiger partial charge >= 0.3 is 0 Å². The van der Waals surface area contributed by atoms with Crippen LogP contribution in [0.3, 0.4) is 0 Å². The monoisotopic (exact) mass is 375 g/mol. The Morgan fingerprint density at radius 3 is 2.81 bits per heavy atom. The lowest BCUT2D eigenvalue weighted by molar-refractivity contribution is -0.133. The molecule has 2 aliphatic rings. The van der Waals surface area contributed by atoms with Crippen molar-refractivity contribution >= 4 is 44.3 Å². The quantitative estimate of drug-likeness (QED) is 0.816. The SMILES string of the molecule is O=C(Nc1nc2ccccc2[nH]1)C1=NN([C@@H]2CCS(=O)(=O)C2)C(=O)CC1. The minimum atomic E-state index is -3.15. The minimum absolute atomic E-state index is 0.0392. The van der Waals surface area contributed by atoms with Crippen LogP contribution in [0.15, 0.2) is 29.4 Å². The van der Waals surface area contributed by atoms with E-state index < -0.39 is 21.8 Å². The summed E-state index contributed by atoms with van der Waals surface area (Å²) in [6.07, 6.45) is 0.680. The molecule has 9 nitrogen and oxygen atoms in total. The predicted octanol–water partition coefficient (Wildman–Crippen LogP) is 0.667. The van der Waals surface area contributed by atoms with Crippen LogP contribution >= 0.6 is 0 Å². The first-order chi connectivity index (χ1) is 12.4. The van der Waals surface area contributed by atoms with Gasteiger partial charge in [-0.2, -0.15) is 5.10 Å². The first kappa shape index (κ1) is 16.7. The summed E-state index contributed by atoms with van der Waals surface area (Å²) in [4.78, 5) is 31.9. The van der Waals surface area contributed by atoms with Crippen molar-refractivity contribution in [3.8, 4) is 0 Å². The van der Waals surface area contributed by atoms with E-state index in [4.69, 9.17) is 0 Å². The Morgan fingerprint density at radius 1 is 1.27 bits per heavy atom. The highest BCUT2D eigenvalue weighted by atomic mass is 32.2.